The van der Waals surface area contributed by atoms with E-state index >= 15 is 0 Å². The number of nitrogens with zero attached hydrogens (tertiary/aromatic N) is 15. The second-order valence-corrected chi connectivity index (χ2v) is 32.1. The van der Waals surface area contributed by atoms with Crippen molar-refractivity contribution in [3.05, 3.63) is 254 Å². The average Bonchev–Trinajstić information content (AvgIpc) is 0.780. The van der Waals surface area contributed by atoms with E-state index in [1.807, 2.05) is 191 Å². The number of hydrazine groups is 1. The number of nitrogens with one attached hydrogen (secondary N) is 3. The summed E-state index contributed by atoms with van der Waals surface area (Å²) in [6.45, 7) is 28.5. The Hall–Kier alpha value is -13.0. The highest BCUT2D eigenvalue weighted by molar-refractivity contribution is 6.04. The molecule has 2 atom stereocenters. The van der Waals surface area contributed by atoms with Crippen molar-refractivity contribution in [2.45, 2.75) is 112 Å². The van der Waals surface area contributed by atoms with Gasteiger partial charge in [0.25, 0.3) is 17.7 Å². The molecule has 8 heterocycles. The Bertz CT molecular complexity index is 5330. The summed E-state index contributed by atoms with van der Waals surface area (Å²) in [6, 6.07) is 57.1. The van der Waals surface area contributed by atoms with Crippen LogP contribution >= 0.6 is 0 Å². The summed E-state index contributed by atoms with van der Waals surface area (Å²) in [5, 5.41) is 48.3. The summed E-state index contributed by atoms with van der Waals surface area (Å²) in [5.74, 6) is 0.698. The SMILES string of the molecule is Cc1cc(C)c(C(=O)N2CCN(c3ccccc3)C(C(N)=O)C2)c(C)c1NC1CCN(c2ccccc2C#N)CC1.Cc1cc(C)c(C(=O)N2CCN(c3ccccn3)C(=O)C2)c(C)c1NC1CCN(c2ccccc2C#N)CC1.Cc1cc(C)c(C(=O)N2CCN(c3ccccn3)[C@H](CO)C2)c(C)c1NN1CCN(c2ccccc2C#N)CC1. The van der Waals surface area contributed by atoms with Gasteiger partial charge in [-0.05, 0) is 211 Å². The minimum Gasteiger partial charge on any atom is -0.394 e. The maximum absolute atomic E-state index is 14.0. The van der Waals surface area contributed by atoms with Gasteiger partial charge in [0, 0.05) is 156 Å². The molecule has 5 amide bonds. The predicted octanol–water partition coefficient (Wildman–Crippen LogP) is 12.2. The van der Waals surface area contributed by atoms with Crippen LogP contribution in [-0.2, 0) is 9.59 Å². The monoisotopic (exact) mass is 1610 g/mol. The van der Waals surface area contributed by atoms with E-state index in [2.05, 4.69) is 108 Å². The number of carbonyl (C=O) groups is 5. The summed E-state index contributed by atoms with van der Waals surface area (Å²) in [7, 11) is 0. The summed E-state index contributed by atoms with van der Waals surface area (Å²) in [4.78, 5) is 93.5. The van der Waals surface area contributed by atoms with Crippen molar-refractivity contribution in [2.24, 2.45) is 5.73 Å². The summed E-state index contributed by atoms with van der Waals surface area (Å²) >= 11 is 0. The Kier molecular flexibility index (Phi) is 27.3. The van der Waals surface area contributed by atoms with Gasteiger partial charge in [-0.3, -0.25) is 28.9 Å². The molecule has 120 heavy (non-hydrogen) atoms. The quantitative estimate of drug-likeness (QED) is 0.0566. The zero-order valence-corrected chi connectivity index (χ0v) is 70.3. The van der Waals surface area contributed by atoms with E-state index in [0.717, 1.165) is 179 Å². The maximum Gasteiger partial charge on any atom is 0.255 e. The average molecular weight is 1610 g/mol. The van der Waals surface area contributed by atoms with Gasteiger partial charge in [0.2, 0.25) is 11.8 Å². The van der Waals surface area contributed by atoms with Crippen molar-refractivity contribution >= 4 is 81.0 Å². The minimum atomic E-state index is -0.588. The second-order valence-electron chi connectivity index (χ2n) is 32.1. The Morgan fingerprint density at radius 2 is 0.842 bits per heavy atom. The Morgan fingerprint density at radius 3 is 1.28 bits per heavy atom. The molecule has 6 aliphatic heterocycles. The van der Waals surface area contributed by atoms with Crippen LogP contribution in [-0.4, -0.2) is 206 Å². The molecule has 9 aromatic rings. The maximum atomic E-state index is 14.0. The number of nitrogens with two attached hydrogens (primary N) is 1. The number of aromatic nitrogens is 2. The molecule has 0 spiro atoms. The molecule has 2 aromatic heterocycles. The zero-order chi connectivity index (χ0) is 84.8. The van der Waals surface area contributed by atoms with Gasteiger partial charge in [-0.2, -0.15) is 15.8 Å². The topological polar surface area (TPSA) is 297 Å². The zero-order valence-electron chi connectivity index (χ0n) is 70.3. The van der Waals surface area contributed by atoms with E-state index in [4.69, 9.17) is 5.73 Å². The molecule has 6 N–H and O–H groups in total. The molecule has 0 saturated carbocycles. The number of aliphatic hydroxyl groups is 1. The standard InChI is InChI=1S/C33H38N6O2.C31H37N7O2.C31H34N6O2/c1-22-19-23(2)31(36-26-13-15-37(16-14-26)28-12-8-7-9-25(28)20-34)24(3)30(22)33(41)38-17-18-39(29(21-38)32(35)40)27-10-5-4-6-11-27;1-22-18-23(2)30(34-37-15-12-35(13-16-37)27-9-5-4-8-25(27)19-32)24(3)29(22)31(40)36-14-17-38(26(20-36)21-39)28-10-6-7-11-33-28;1-21-18-22(2)30(34-25-11-14-35(15-12-25)26-9-5-4-8-24(26)19-32)23(3)29(21)31(39)36-16-17-37(28(38)20-36)27-10-6-7-13-33-27/h4-12,19,26,29,36H,13-18,21H2,1-3H3,(H2,35,40);4-11,18,26,34,39H,12-17,20-21H2,1-3H3;4-10,13,18,25,34H,11-12,14-17,20H2,1-3H3/t;26-;/m.0./s1. The normalized spacial score (nSPS) is 17.3. The molecular weight excluding hydrogens is 1500 g/mol. The van der Waals surface area contributed by atoms with Crippen LogP contribution in [0.5, 0.6) is 0 Å². The first-order chi connectivity index (χ1) is 58.1. The van der Waals surface area contributed by atoms with E-state index in [0.29, 0.717) is 79.4 Å². The van der Waals surface area contributed by atoms with Crippen LogP contribution in [0.3, 0.4) is 0 Å². The molecule has 0 radical (unpaired) electrons. The number of aliphatic hydroxyl groups excluding tert-OH is 1. The number of piperazine rings is 4. The highest BCUT2D eigenvalue weighted by Crippen LogP contribution is 2.37. The molecule has 7 aromatic carbocycles. The molecule has 6 fully saturated rings. The third-order valence-corrected chi connectivity index (χ3v) is 24.3. The number of pyridine rings is 2. The van der Waals surface area contributed by atoms with Crippen LogP contribution in [0.2, 0.25) is 0 Å². The van der Waals surface area contributed by atoms with Crippen molar-refractivity contribution in [1.82, 2.24) is 29.7 Å². The van der Waals surface area contributed by atoms with Gasteiger partial charge in [0.05, 0.1) is 58.6 Å². The number of amides is 5. The van der Waals surface area contributed by atoms with E-state index in [1.54, 1.807) is 27.1 Å². The summed E-state index contributed by atoms with van der Waals surface area (Å²) in [5.41, 5.74) is 29.4. The molecule has 620 valence electrons. The Labute approximate surface area is 704 Å². The lowest BCUT2D eigenvalue weighted by Crippen LogP contribution is -2.59. The number of nitriles is 3. The lowest BCUT2D eigenvalue weighted by molar-refractivity contribution is -0.121. The fourth-order valence-corrected chi connectivity index (χ4v) is 18.1. The molecule has 6 aliphatic rings. The molecule has 15 rings (SSSR count). The van der Waals surface area contributed by atoms with Gasteiger partial charge in [-0.15, -0.1) is 0 Å². The third kappa shape index (κ3) is 18.9. The van der Waals surface area contributed by atoms with E-state index in [1.165, 1.54) is 0 Å². The number of para-hydroxylation sites is 4. The summed E-state index contributed by atoms with van der Waals surface area (Å²) in [6.07, 6.45) is 7.14. The van der Waals surface area contributed by atoms with Crippen molar-refractivity contribution in [3.63, 3.8) is 0 Å². The molecule has 0 bridgehead atoms. The van der Waals surface area contributed by atoms with Crippen molar-refractivity contribution in [3.8, 4) is 18.2 Å². The molecule has 25 heteroatoms. The number of anilines is 9. The van der Waals surface area contributed by atoms with E-state index < -0.39 is 11.9 Å². The Morgan fingerprint density at radius 1 is 0.442 bits per heavy atom. The van der Waals surface area contributed by atoms with Crippen LogP contribution in [0.15, 0.2) is 170 Å². The number of hydrogen-bond acceptors (Lipinski definition) is 20. The highest BCUT2D eigenvalue weighted by atomic mass is 16.3. The minimum absolute atomic E-state index is 0.00454. The highest BCUT2D eigenvalue weighted by Gasteiger charge is 2.38. The van der Waals surface area contributed by atoms with Gasteiger partial charge >= 0.3 is 0 Å². The number of piperidine rings is 2. The van der Waals surface area contributed by atoms with Crippen molar-refractivity contribution in [1.29, 1.82) is 15.8 Å². The number of carbonyl (C=O) groups excluding carboxylic acids is 5. The van der Waals surface area contributed by atoms with Gasteiger partial charge in [0.1, 0.15) is 42.4 Å². The lowest BCUT2D eigenvalue weighted by Gasteiger charge is -2.41. The molecule has 6 saturated heterocycles. The van der Waals surface area contributed by atoms with Crippen molar-refractivity contribution in [2.75, 3.05) is 163 Å². The van der Waals surface area contributed by atoms with Crippen LogP contribution in [0.25, 0.3) is 0 Å². The number of hydrogen-bond donors (Lipinski definition) is 5. The van der Waals surface area contributed by atoms with Crippen molar-refractivity contribution < 1.29 is 29.1 Å². The van der Waals surface area contributed by atoms with Crippen LogP contribution in [0, 0.1) is 96.3 Å². The number of benzene rings is 7. The van der Waals surface area contributed by atoms with Crippen LogP contribution in [0.4, 0.5) is 51.4 Å². The third-order valence-electron chi connectivity index (χ3n) is 24.3. The first-order valence-electron chi connectivity index (χ1n) is 41.6. The largest absolute Gasteiger partial charge is 0.394 e. The molecule has 0 aliphatic carbocycles. The molecule has 25 nitrogen and oxygen atoms in total. The second kappa shape index (κ2) is 38.6. The van der Waals surface area contributed by atoms with E-state index in [9.17, 15) is 44.9 Å². The predicted molar refractivity (Wildman–Crippen MR) is 474 cm³/mol. The Balaban J connectivity index is 0.000000156. The fourth-order valence-electron chi connectivity index (χ4n) is 18.1. The number of primary amides is 1. The van der Waals surface area contributed by atoms with Gasteiger partial charge in [-0.1, -0.05) is 84.9 Å². The van der Waals surface area contributed by atoms with Gasteiger partial charge in [0.15, 0.2) is 0 Å². The van der Waals surface area contributed by atoms with Crippen LogP contribution < -0.4 is 51.2 Å². The fraction of sp³-hybridized carbons (Fsp3) is 0.368. The van der Waals surface area contributed by atoms with Gasteiger partial charge in [-0.25, -0.2) is 15.0 Å². The molecule has 1 unspecified atom stereocenters. The number of rotatable bonds is 17. The first kappa shape index (κ1) is 84.9. The smallest absolute Gasteiger partial charge is 0.255 e. The lowest BCUT2D eigenvalue weighted by atomic mass is 9.94. The molecular formula is C95H109N19O6. The van der Waals surface area contributed by atoms with Crippen LogP contribution in [0.1, 0.15) is 124 Å². The first-order valence-corrected chi connectivity index (χ1v) is 41.6. The summed E-state index contributed by atoms with van der Waals surface area (Å²) < 4.78 is 0. The van der Waals surface area contributed by atoms with Gasteiger partial charge < -0.3 is 66.1 Å². The number of aryl methyl sites for hydroxylation is 6. The van der Waals surface area contributed by atoms with E-state index in [-0.39, 0.29) is 61.5 Å².